The molecular formula is C22H24ClN7O2. The highest BCUT2D eigenvalue weighted by Crippen LogP contribution is 2.29. The van der Waals surface area contributed by atoms with E-state index in [1.165, 1.54) is 0 Å². The molecule has 5 rings (SSSR count). The second kappa shape index (κ2) is 8.68. The summed E-state index contributed by atoms with van der Waals surface area (Å²) in [5.74, 6) is 0.536. The number of H-pyrrole nitrogens is 2. The summed E-state index contributed by atoms with van der Waals surface area (Å²) in [4.78, 5) is 25.9. The number of hydrogen-bond acceptors (Lipinski definition) is 6. The van der Waals surface area contributed by atoms with E-state index in [9.17, 15) is 4.79 Å². The highest BCUT2D eigenvalue weighted by molar-refractivity contribution is 6.30. The van der Waals surface area contributed by atoms with Crippen molar-refractivity contribution in [1.29, 1.82) is 0 Å². The van der Waals surface area contributed by atoms with Gasteiger partial charge in [-0.2, -0.15) is 5.10 Å². The Bertz CT molecular complexity index is 1300. The summed E-state index contributed by atoms with van der Waals surface area (Å²) in [7, 11) is 0. The van der Waals surface area contributed by atoms with Crippen molar-refractivity contribution in [3.8, 4) is 11.4 Å². The first-order valence-corrected chi connectivity index (χ1v) is 10.9. The third-order valence-corrected chi connectivity index (χ3v) is 5.79. The Morgan fingerprint density at radius 3 is 2.91 bits per heavy atom. The van der Waals surface area contributed by atoms with Crippen molar-refractivity contribution < 1.29 is 4.74 Å². The number of aromatic nitrogens is 5. The van der Waals surface area contributed by atoms with Crippen LogP contribution in [0.15, 0.2) is 41.6 Å². The number of aryl methyl sites for hydroxylation is 1. The molecule has 1 saturated heterocycles. The van der Waals surface area contributed by atoms with E-state index in [0.717, 1.165) is 48.6 Å². The minimum atomic E-state index is -0.206. The van der Waals surface area contributed by atoms with Crippen LogP contribution in [0.2, 0.25) is 5.02 Å². The molecule has 1 fully saturated rings. The lowest BCUT2D eigenvalue weighted by Gasteiger charge is -2.29. The quantitative estimate of drug-likeness (QED) is 0.414. The summed E-state index contributed by atoms with van der Waals surface area (Å²) in [6.07, 6.45) is 4.99. The van der Waals surface area contributed by atoms with Crippen LogP contribution in [0.25, 0.3) is 22.4 Å². The number of nitrogens with zero attached hydrogens (tertiary/aromatic N) is 4. The first kappa shape index (κ1) is 20.6. The fourth-order valence-electron chi connectivity index (χ4n) is 4.02. The molecule has 166 valence electrons. The minimum absolute atomic E-state index is 0.206. The van der Waals surface area contributed by atoms with Gasteiger partial charge in [0, 0.05) is 37.7 Å². The zero-order valence-electron chi connectivity index (χ0n) is 17.7. The maximum atomic E-state index is 12.7. The second-order valence-corrected chi connectivity index (χ2v) is 8.22. The van der Waals surface area contributed by atoms with Crippen molar-refractivity contribution >= 4 is 34.0 Å². The molecule has 4 heterocycles. The minimum Gasteiger partial charge on any atom is -0.382 e. The molecule has 1 aliphatic rings. The molecule has 0 bridgehead atoms. The predicted octanol–water partition coefficient (Wildman–Crippen LogP) is 3.03. The molecular weight excluding hydrogens is 430 g/mol. The van der Waals surface area contributed by atoms with Crippen LogP contribution in [-0.4, -0.2) is 57.6 Å². The SMILES string of the molecule is Cc1cc(N2CCOCC2)cc2[nH]c(-c3c(NCCn4cc(Cl)cn4)cc[nH]c3=O)nc12. The van der Waals surface area contributed by atoms with E-state index in [0.29, 0.717) is 35.2 Å². The molecule has 0 amide bonds. The van der Waals surface area contributed by atoms with Gasteiger partial charge in [0.05, 0.1) is 47.7 Å². The number of aromatic amines is 2. The van der Waals surface area contributed by atoms with E-state index in [4.69, 9.17) is 21.3 Å². The van der Waals surface area contributed by atoms with Gasteiger partial charge >= 0.3 is 0 Å². The average molecular weight is 454 g/mol. The van der Waals surface area contributed by atoms with Crippen LogP contribution in [0, 0.1) is 6.92 Å². The number of morpholine rings is 1. The van der Waals surface area contributed by atoms with Gasteiger partial charge in [-0.25, -0.2) is 4.98 Å². The molecule has 32 heavy (non-hydrogen) atoms. The number of anilines is 2. The maximum Gasteiger partial charge on any atom is 0.261 e. The Labute approximate surface area is 189 Å². The standard InChI is InChI=1S/C22H24ClN7O2/c1-14-10-16(29-6-8-32-9-7-29)11-18-20(14)28-21(27-18)19-17(2-3-25-22(19)31)24-4-5-30-13-15(23)12-26-30/h2-3,10-13H,4-9H2,1H3,(H,27,28)(H2,24,25,31). The summed E-state index contributed by atoms with van der Waals surface area (Å²) in [5, 5.41) is 8.10. The zero-order chi connectivity index (χ0) is 22.1. The van der Waals surface area contributed by atoms with E-state index < -0.39 is 0 Å². The number of ether oxygens (including phenoxy) is 1. The number of nitrogens with one attached hydrogen (secondary N) is 3. The lowest BCUT2D eigenvalue weighted by Crippen LogP contribution is -2.36. The van der Waals surface area contributed by atoms with E-state index in [1.807, 2.05) is 13.0 Å². The van der Waals surface area contributed by atoms with Gasteiger partial charge in [-0.05, 0) is 30.7 Å². The number of pyridine rings is 1. The van der Waals surface area contributed by atoms with E-state index in [2.05, 4.69) is 37.4 Å². The number of imidazole rings is 1. The van der Waals surface area contributed by atoms with Crippen LogP contribution in [0.4, 0.5) is 11.4 Å². The van der Waals surface area contributed by atoms with Crippen LogP contribution in [0.3, 0.4) is 0 Å². The monoisotopic (exact) mass is 453 g/mol. The number of benzene rings is 1. The fraction of sp³-hybridized carbons (Fsp3) is 0.318. The summed E-state index contributed by atoms with van der Waals surface area (Å²) < 4.78 is 7.22. The van der Waals surface area contributed by atoms with Crippen LogP contribution in [0.5, 0.6) is 0 Å². The first-order chi connectivity index (χ1) is 15.6. The molecule has 0 aliphatic carbocycles. The number of rotatable bonds is 6. The normalized spacial score (nSPS) is 14.2. The Hall–Kier alpha value is -3.30. The van der Waals surface area contributed by atoms with Crippen molar-refractivity contribution in [2.45, 2.75) is 13.5 Å². The fourth-order valence-corrected chi connectivity index (χ4v) is 4.18. The highest BCUT2D eigenvalue weighted by Gasteiger charge is 2.18. The number of hydrogen-bond donors (Lipinski definition) is 3. The topological polar surface area (TPSA) is 104 Å². The zero-order valence-corrected chi connectivity index (χ0v) is 18.4. The van der Waals surface area contributed by atoms with Crippen molar-refractivity contribution in [3.63, 3.8) is 0 Å². The molecule has 1 aliphatic heterocycles. The third-order valence-electron chi connectivity index (χ3n) is 5.59. The Kier molecular flexibility index (Phi) is 5.59. The predicted molar refractivity (Wildman–Crippen MR) is 126 cm³/mol. The largest absolute Gasteiger partial charge is 0.382 e. The summed E-state index contributed by atoms with van der Waals surface area (Å²) in [5.41, 5.74) is 4.93. The van der Waals surface area contributed by atoms with Crippen molar-refractivity contribution in [3.05, 3.63) is 57.7 Å². The lowest BCUT2D eigenvalue weighted by molar-refractivity contribution is 0.122. The van der Waals surface area contributed by atoms with E-state index in [-0.39, 0.29) is 5.56 Å². The molecule has 0 unspecified atom stereocenters. The highest BCUT2D eigenvalue weighted by atomic mass is 35.5. The lowest BCUT2D eigenvalue weighted by atomic mass is 10.1. The Morgan fingerprint density at radius 1 is 1.28 bits per heavy atom. The average Bonchev–Trinajstić information content (AvgIpc) is 3.40. The van der Waals surface area contributed by atoms with Gasteiger partial charge in [0.1, 0.15) is 11.4 Å². The van der Waals surface area contributed by atoms with Gasteiger partial charge in [-0.3, -0.25) is 9.48 Å². The van der Waals surface area contributed by atoms with Gasteiger partial charge in [0.25, 0.3) is 5.56 Å². The summed E-state index contributed by atoms with van der Waals surface area (Å²) in [6.45, 7) is 6.41. The molecule has 1 aromatic carbocycles. The van der Waals surface area contributed by atoms with E-state index >= 15 is 0 Å². The first-order valence-electron chi connectivity index (χ1n) is 10.6. The van der Waals surface area contributed by atoms with Gasteiger partial charge < -0.3 is 24.9 Å². The maximum absolute atomic E-state index is 12.7. The molecule has 3 aromatic heterocycles. The smallest absolute Gasteiger partial charge is 0.261 e. The molecule has 10 heteroatoms. The van der Waals surface area contributed by atoms with Crippen LogP contribution in [-0.2, 0) is 11.3 Å². The van der Waals surface area contributed by atoms with Gasteiger partial charge in [0.15, 0.2) is 0 Å². The van der Waals surface area contributed by atoms with Crippen LogP contribution < -0.4 is 15.8 Å². The van der Waals surface area contributed by atoms with Crippen molar-refractivity contribution in [2.75, 3.05) is 43.1 Å². The molecule has 0 atom stereocenters. The Balaban J connectivity index is 1.45. The molecule has 0 radical (unpaired) electrons. The van der Waals surface area contributed by atoms with Gasteiger partial charge in [0.2, 0.25) is 0 Å². The van der Waals surface area contributed by atoms with Crippen LogP contribution >= 0.6 is 11.6 Å². The van der Waals surface area contributed by atoms with Gasteiger partial charge in [-0.15, -0.1) is 0 Å². The van der Waals surface area contributed by atoms with Crippen LogP contribution in [0.1, 0.15) is 5.56 Å². The van der Waals surface area contributed by atoms with Gasteiger partial charge in [-0.1, -0.05) is 11.6 Å². The summed E-state index contributed by atoms with van der Waals surface area (Å²) >= 11 is 5.92. The Morgan fingerprint density at radius 2 is 2.12 bits per heavy atom. The molecule has 0 saturated carbocycles. The molecule has 0 spiro atoms. The van der Waals surface area contributed by atoms with E-state index in [1.54, 1.807) is 23.3 Å². The van der Waals surface area contributed by atoms with Crippen molar-refractivity contribution in [1.82, 2.24) is 24.7 Å². The third kappa shape index (κ3) is 4.09. The summed E-state index contributed by atoms with van der Waals surface area (Å²) in [6, 6.07) is 6.07. The molecule has 3 N–H and O–H groups in total. The van der Waals surface area contributed by atoms with Crippen molar-refractivity contribution in [2.24, 2.45) is 0 Å². The number of halogens is 1. The number of fused-ring (bicyclic) bond motifs is 1. The second-order valence-electron chi connectivity index (χ2n) is 7.79. The molecule has 4 aromatic rings. The molecule has 9 nitrogen and oxygen atoms in total.